The Kier molecular flexibility index (Phi) is 6.98. The zero-order valence-electron chi connectivity index (χ0n) is 6.17. The van der Waals surface area contributed by atoms with E-state index in [-0.39, 0.29) is 0 Å². The molecule has 54 valence electrons. The van der Waals surface area contributed by atoms with Crippen molar-refractivity contribution in [3.05, 3.63) is 10.4 Å². The van der Waals surface area contributed by atoms with Crippen molar-refractivity contribution < 1.29 is 0 Å². The van der Waals surface area contributed by atoms with Crippen LogP contribution in [0.4, 0.5) is 0 Å². The summed E-state index contributed by atoms with van der Waals surface area (Å²) in [5.41, 5.74) is 7.86. The molecule has 0 rings (SSSR count). The van der Waals surface area contributed by atoms with E-state index >= 15 is 0 Å². The fourth-order valence-electron chi connectivity index (χ4n) is 0.476. The van der Waals surface area contributed by atoms with Crippen molar-refractivity contribution >= 4 is 0 Å². The first-order chi connectivity index (χ1) is 4.91. The maximum absolute atomic E-state index is 7.86. The molecule has 0 aliphatic heterocycles. The molecule has 0 saturated heterocycles. The lowest BCUT2D eigenvalue weighted by Gasteiger charge is -1.81. The van der Waals surface area contributed by atoms with E-state index in [1.807, 2.05) is 0 Å². The van der Waals surface area contributed by atoms with E-state index in [0.717, 1.165) is 19.3 Å². The number of rotatable bonds is 3. The van der Waals surface area contributed by atoms with E-state index in [9.17, 15) is 0 Å². The minimum Gasteiger partial charge on any atom is -0.103 e. The van der Waals surface area contributed by atoms with Crippen LogP contribution in [0.3, 0.4) is 0 Å². The summed E-state index contributed by atoms with van der Waals surface area (Å²) in [6.45, 7) is 2.43. The highest BCUT2D eigenvalue weighted by molar-refractivity contribution is 5.00. The Balaban J connectivity index is 3.22. The summed E-state index contributed by atoms with van der Waals surface area (Å²) in [6.07, 6.45) is 3.21. The third-order valence-corrected chi connectivity index (χ3v) is 0.993. The Morgan fingerprint density at radius 3 is 2.90 bits per heavy atom. The molecule has 3 heteroatoms. The summed E-state index contributed by atoms with van der Waals surface area (Å²) < 4.78 is 0. The molecule has 0 aliphatic carbocycles. The van der Waals surface area contributed by atoms with Gasteiger partial charge in [0.05, 0.1) is 6.54 Å². The van der Waals surface area contributed by atoms with Crippen molar-refractivity contribution in [1.82, 2.24) is 0 Å². The zero-order chi connectivity index (χ0) is 7.66. The van der Waals surface area contributed by atoms with Gasteiger partial charge < -0.3 is 0 Å². The second kappa shape index (κ2) is 7.87. The molecular weight excluding hydrogens is 126 g/mol. The van der Waals surface area contributed by atoms with Gasteiger partial charge in [0.2, 0.25) is 0 Å². The largest absolute Gasteiger partial charge is 0.103 e. The lowest BCUT2D eigenvalue weighted by Crippen LogP contribution is -1.70. The Labute approximate surface area is 61.1 Å². The predicted molar refractivity (Wildman–Crippen MR) is 41.3 cm³/mol. The molecule has 0 radical (unpaired) electrons. The number of azide groups is 1. The third kappa shape index (κ3) is 6.87. The molecule has 0 fully saturated rings. The first kappa shape index (κ1) is 8.87. The normalized spacial score (nSPS) is 7.30. The highest BCUT2D eigenvalue weighted by Gasteiger charge is 1.74. The van der Waals surface area contributed by atoms with Gasteiger partial charge in [-0.05, 0) is 12.0 Å². The van der Waals surface area contributed by atoms with Crippen molar-refractivity contribution in [2.75, 3.05) is 6.54 Å². The minimum atomic E-state index is 0.306. The van der Waals surface area contributed by atoms with Gasteiger partial charge in [-0.1, -0.05) is 24.4 Å². The first-order valence-corrected chi connectivity index (χ1v) is 3.38. The smallest absolute Gasteiger partial charge is 0.0876 e. The van der Waals surface area contributed by atoms with Crippen LogP contribution in [0.25, 0.3) is 10.4 Å². The molecule has 0 aromatic rings. The molecule has 0 aromatic carbocycles. The van der Waals surface area contributed by atoms with E-state index in [1.165, 1.54) is 0 Å². The third-order valence-electron chi connectivity index (χ3n) is 0.993. The Bertz CT molecular complexity index is 169. The van der Waals surface area contributed by atoms with Gasteiger partial charge in [-0.15, -0.1) is 5.92 Å². The van der Waals surface area contributed by atoms with Gasteiger partial charge in [-0.2, -0.15) is 0 Å². The first-order valence-electron chi connectivity index (χ1n) is 3.38. The number of nitrogens with zero attached hydrogens (tertiary/aromatic N) is 3. The molecule has 0 N–H and O–H groups in total. The lowest BCUT2D eigenvalue weighted by molar-refractivity contribution is 0.827. The topological polar surface area (TPSA) is 48.8 Å². The molecule has 0 spiro atoms. The lowest BCUT2D eigenvalue weighted by atomic mass is 10.2. The summed E-state index contributed by atoms with van der Waals surface area (Å²) in [5.74, 6) is 5.66. The van der Waals surface area contributed by atoms with Gasteiger partial charge >= 0.3 is 0 Å². The molecule has 3 nitrogen and oxygen atoms in total. The van der Waals surface area contributed by atoms with Crippen LogP contribution in [0.2, 0.25) is 0 Å². The molecule has 0 heterocycles. The molecular formula is C7H11N3. The van der Waals surface area contributed by atoms with Crippen LogP contribution in [0.15, 0.2) is 5.11 Å². The van der Waals surface area contributed by atoms with Crippen molar-refractivity contribution in [3.8, 4) is 11.8 Å². The Morgan fingerprint density at radius 1 is 1.50 bits per heavy atom. The molecule has 0 unspecified atom stereocenters. The van der Waals surface area contributed by atoms with Gasteiger partial charge in [0.1, 0.15) is 0 Å². The second-order valence-corrected chi connectivity index (χ2v) is 1.85. The van der Waals surface area contributed by atoms with E-state index in [4.69, 9.17) is 5.53 Å². The maximum Gasteiger partial charge on any atom is 0.0876 e. The average molecular weight is 137 g/mol. The summed E-state index contributed by atoms with van der Waals surface area (Å²) in [4.78, 5) is 2.58. The monoisotopic (exact) mass is 137 g/mol. The Morgan fingerprint density at radius 2 is 2.30 bits per heavy atom. The van der Waals surface area contributed by atoms with Crippen molar-refractivity contribution in [2.24, 2.45) is 5.11 Å². The van der Waals surface area contributed by atoms with Crippen LogP contribution in [0, 0.1) is 11.8 Å². The second-order valence-electron chi connectivity index (χ2n) is 1.85. The molecule has 0 atom stereocenters. The van der Waals surface area contributed by atoms with Crippen molar-refractivity contribution in [2.45, 2.75) is 26.2 Å². The van der Waals surface area contributed by atoms with Crippen LogP contribution in [0.5, 0.6) is 0 Å². The standard InChI is InChI=1S/C7H11N3/c1-2-3-4-5-6-7-9-10-8/h2-4,7H2,1H3. The zero-order valence-corrected chi connectivity index (χ0v) is 6.17. The number of hydrogen-bond donors (Lipinski definition) is 0. The van der Waals surface area contributed by atoms with E-state index in [1.54, 1.807) is 0 Å². The van der Waals surface area contributed by atoms with Crippen LogP contribution in [-0.4, -0.2) is 6.54 Å². The van der Waals surface area contributed by atoms with Gasteiger partial charge in [-0.3, -0.25) is 0 Å². The predicted octanol–water partition coefficient (Wildman–Crippen LogP) is 2.49. The molecule has 0 amide bonds. The van der Waals surface area contributed by atoms with Gasteiger partial charge in [0, 0.05) is 11.3 Å². The van der Waals surface area contributed by atoms with Gasteiger partial charge in [-0.25, -0.2) is 0 Å². The fraction of sp³-hybridized carbons (Fsp3) is 0.714. The highest BCUT2D eigenvalue weighted by atomic mass is 15.1. The summed E-state index contributed by atoms with van der Waals surface area (Å²) in [6, 6.07) is 0. The quantitative estimate of drug-likeness (QED) is 0.189. The minimum absolute atomic E-state index is 0.306. The van der Waals surface area contributed by atoms with E-state index < -0.39 is 0 Å². The van der Waals surface area contributed by atoms with Crippen molar-refractivity contribution in [3.63, 3.8) is 0 Å². The maximum atomic E-state index is 7.86. The van der Waals surface area contributed by atoms with E-state index in [2.05, 4.69) is 28.8 Å². The fourth-order valence-corrected chi connectivity index (χ4v) is 0.476. The molecule has 0 bridgehead atoms. The van der Waals surface area contributed by atoms with E-state index in [0.29, 0.717) is 6.54 Å². The molecule has 0 aliphatic rings. The van der Waals surface area contributed by atoms with Crippen LogP contribution < -0.4 is 0 Å². The van der Waals surface area contributed by atoms with Crippen molar-refractivity contribution in [1.29, 1.82) is 0 Å². The molecule has 0 aromatic heterocycles. The van der Waals surface area contributed by atoms with Gasteiger partial charge in [0.15, 0.2) is 0 Å². The SMILES string of the molecule is CCCCC#CCN=[N+]=[N-]. The summed E-state index contributed by atoms with van der Waals surface area (Å²) in [7, 11) is 0. The summed E-state index contributed by atoms with van der Waals surface area (Å²) >= 11 is 0. The van der Waals surface area contributed by atoms with Gasteiger partial charge in [0.25, 0.3) is 0 Å². The summed E-state index contributed by atoms with van der Waals surface area (Å²) in [5, 5.41) is 3.28. The van der Waals surface area contributed by atoms with Crippen LogP contribution in [-0.2, 0) is 0 Å². The Hall–Kier alpha value is -1.13. The number of unbranched alkanes of at least 4 members (excludes halogenated alkanes) is 2. The molecule has 10 heavy (non-hydrogen) atoms. The average Bonchev–Trinajstić information content (AvgIpc) is 1.97. The molecule has 0 saturated carbocycles. The van der Waals surface area contributed by atoms with Crippen LogP contribution >= 0.6 is 0 Å². The number of hydrogen-bond acceptors (Lipinski definition) is 1. The highest BCUT2D eigenvalue weighted by Crippen LogP contribution is 1.89. The van der Waals surface area contributed by atoms with Crippen LogP contribution in [0.1, 0.15) is 26.2 Å².